The van der Waals surface area contributed by atoms with Gasteiger partial charge in [0.05, 0.1) is 0 Å². The highest BCUT2D eigenvalue weighted by Gasteiger charge is 2.58. The largest absolute Gasteiger partial charge is 0.756 e. The summed E-state index contributed by atoms with van der Waals surface area (Å²) >= 11 is 0. The standard InChI is InChI=1S/C11H19N2O16P3.CH4/c1-24-7-8(15)11(25-2,27-9(7)13-4-3-6(14)12-10(13)16)5-26-31(20,21)29-32(22,23)28-30(17,18)19;/h3-4,7-9,15H,5H2,1-2H3,(H,20,21)(H,22,23)(H,12,14,16)(H2,17,18,19);1H4/p-2/t7-,8+,9-,11-;/m1./s1. The Hall–Kier alpha value is -1.07. The lowest BCUT2D eigenvalue weighted by Gasteiger charge is -2.32. The number of H-pyrrole nitrogens is 1. The first kappa shape index (κ1) is 30.0. The van der Waals surface area contributed by atoms with Crippen molar-refractivity contribution in [1.82, 2.24) is 9.55 Å². The number of phosphoric ester groups is 1. The summed E-state index contributed by atoms with van der Waals surface area (Å²) in [5.41, 5.74) is -1.72. The van der Waals surface area contributed by atoms with Gasteiger partial charge in [0.25, 0.3) is 21.2 Å². The first-order valence-corrected chi connectivity index (χ1v) is 12.5. The molecule has 0 spiro atoms. The fraction of sp³-hybridized carbons (Fsp3) is 0.667. The molecule has 0 amide bonds. The molecule has 0 saturated carbocycles. The Morgan fingerprint density at radius 1 is 1.21 bits per heavy atom. The van der Waals surface area contributed by atoms with Gasteiger partial charge in [-0.05, 0) is 0 Å². The zero-order chi connectivity index (χ0) is 24.5. The van der Waals surface area contributed by atoms with Crippen molar-refractivity contribution >= 4 is 23.5 Å². The number of aromatic nitrogens is 2. The number of aliphatic hydroxyl groups excluding tert-OH is 1. The summed E-state index contributed by atoms with van der Waals surface area (Å²) in [5, 5.41) is 10.6. The molecule has 2 heterocycles. The number of nitrogens with one attached hydrogen (secondary N) is 1. The number of ether oxygens (including phenoxy) is 3. The van der Waals surface area contributed by atoms with Gasteiger partial charge in [0.2, 0.25) is 5.79 Å². The van der Waals surface area contributed by atoms with E-state index in [9.17, 15) is 43.1 Å². The molecule has 2 rings (SSSR count). The monoisotopic (exact) mass is 542 g/mol. The van der Waals surface area contributed by atoms with Crippen LogP contribution in [0.2, 0.25) is 0 Å². The molecule has 18 nitrogen and oxygen atoms in total. The highest BCUT2D eigenvalue weighted by atomic mass is 31.3. The maximum Gasteiger partial charge on any atom is 0.478 e. The van der Waals surface area contributed by atoms with Gasteiger partial charge >= 0.3 is 13.5 Å². The number of nitrogens with zero attached hydrogens (tertiary/aromatic N) is 1. The van der Waals surface area contributed by atoms with E-state index in [4.69, 9.17) is 19.1 Å². The van der Waals surface area contributed by atoms with Crippen molar-refractivity contribution in [2.75, 3.05) is 20.8 Å². The molecule has 0 bridgehead atoms. The van der Waals surface area contributed by atoms with Crippen molar-refractivity contribution < 1.29 is 65.7 Å². The van der Waals surface area contributed by atoms with Crippen LogP contribution in [0.4, 0.5) is 0 Å². The van der Waals surface area contributed by atoms with Gasteiger partial charge in [-0.1, -0.05) is 7.43 Å². The first-order chi connectivity index (χ1) is 14.5. The van der Waals surface area contributed by atoms with Crippen molar-refractivity contribution in [3.63, 3.8) is 0 Å². The molecule has 7 atom stereocenters. The van der Waals surface area contributed by atoms with Crippen molar-refractivity contribution in [3.8, 4) is 0 Å². The average molecular weight is 542 g/mol. The molecule has 1 aromatic rings. The van der Waals surface area contributed by atoms with Crippen LogP contribution in [0, 0.1) is 0 Å². The summed E-state index contributed by atoms with van der Waals surface area (Å²) in [4.78, 5) is 65.0. The predicted molar refractivity (Wildman–Crippen MR) is 100 cm³/mol. The molecule has 0 aliphatic carbocycles. The van der Waals surface area contributed by atoms with E-state index in [-0.39, 0.29) is 7.43 Å². The van der Waals surface area contributed by atoms with Crippen LogP contribution in [0.3, 0.4) is 0 Å². The van der Waals surface area contributed by atoms with E-state index in [2.05, 4.69) is 13.1 Å². The van der Waals surface area contributed by atoms with Gasteiger partial charge in [0.1, 0.15) is 18.8 Å². The Labute approximate surface area is 185 Å². The van der Waals surface area contributed by atoms with Crippen LogP contribution < -0.4 is 21.0 Å². The number of hydrogen-bond acceptors (Lipinski definition) is 14. The Morgan fingerprint density at radius 2 is 1.82 bits per heavy atom. The summed E-state index contributed by atoms with van der Waals surface area (Å²) < 4.78 is 61.2. The van der Waals surface area contributed by atoms with Crippen LogP contribution >= 0.6 is 23.5 Å². The van der Waals surface area contributed by atoms with Crippen LogP contribution in [-0.4, -0.2) is 63.3 Å². The third-order valence-electron chi connectivity index (χ3n) is 3.94. The molecule has 0 radical (unpaired) electrons. The van der Waals surface area contributed by atoms with Gasteiger partial charge in [0.15, 0.2) is 6.23 Å². The fourth-order valence-electron chi connectivity index (χ4n) is 2.65. The maximum atomic E-state index is 12.0. The highest BCUT2D eigenvalue weighted by Crippen LogP contribution is 2.63. The second-order valence-electron chi connectivity index (χ2n) is 6.01. The lowest BCUT2D eigenvalue weighted by atomic mass is 10.1. The van der Waals surface area contributed by atoms with E-state index in [1.807, 2.05) is 4.98 Å². The smallest absolute Gasteiger partial charge is 0.478 e. The van der Waals surface area contributed by atoms with Crippen molar-refractivity contribution in [2.45, 2.75) is 31.6 Å². The lowest BCUT2D eigenvalue weighted by molar-refractivity contribution is -0.268. The number of methoxy groups -OCH3 is 2. The average Bonchev–Trinajstić information content (AvgIpc) is 2.89. The van der Waals surface area contributed by atoms with Crippen LogP contribution in [-0.2, 0) is 41.1 Å². The van der Waals surface area contributed by atoms with Crippen LogP contribution in [0.1, 0.15) is 13.7 Å². The van der Waals surface area contributed by atoms with E-state index < -0.39 is 65.5 Å². The molecule has 1 aromatic heterocycles. The van der Waals surface area contributed by atoms with E-state index in [0.717, 1.165) is 31.0 Å². The normalized spacial score (nSPS) is 30.6. The summed E-state index contributed by atoms with van der Waals surface area (Å²) in [5.74, 6) is -2.36. The third kappa shape index (κ3) is 7.45. The minimum absolute atomic E-state index is 0. The number of hydrogen-bond donors (Lipinski definition) is 4. The molecule has 4 N–H and O–H groups in total. The van der Waals surface area contributed by atoms with Crippen LogP contribution in [0.5, 0.6) is 0 Å². The van der Waals surface area contributed by atoms with Crippen LogP contribution in [0.25, 0.3) is 0 Å². The van der Waals surface area contributed by atoms with Crippen molar-refractivity contribution in [1.29, 1.82) is 0 Å². The topological polar surface area (TPSA) is 268 Å². The molecule has 0 aromatic carbocycles. The number of aliphatic hydroxyl groups is 1. The van der Waals surface area contributed by atoms with Crippen molar-refractivity contribution in [2.24, 2.45) is 0 Å². The first-order valence-electron chi connectivity index (χ1n) is 8.05. The van der Waals surface area contributed by atoms with Gasteiger partial charge in [-0.25, -0.2) is 18.0 Å². The number of phosphoric acid groups is 3. The minimum Gasteiger partial charge on any atom is -0.756 e. The fourth-order valence-corrected chi connectivity index (χ4v) is 5.59. The second-order valence-corrected chi connectivity index (χ2v) is 10.3. The summed E-state index contributed by atoms with van der Waals surface area (Å²) in [6, 6.07) is 0.949. The Balaban J connectivity index is 0.00000544. The van der Waals surface area contributed by atoms with Gasteiger partial charge < -0.3 is 38.9 Å². The molecule has 1 aliphatic heterocycles. The zero-order valence-corrected chi connectivity index (χ0v) is 18.7. The third-order valence-corrected chi connectivity index (χ3v) is 7.65. The molecule has 3 unspecified atom stereocenters. The molecule has 1 saturated heterocycles. The molecule has 1 aliphatic rings. The molecule has 1 fully saturated rings. The lowest BCUT2D eigenvalue weighted by Crippen LogP contribution is -2.48. The quantitative estimate of drug-likeness (QED) is 0.222. The number of aromatic amines is 1. The summed E-state index contributed by atoms with van der Waals surface area (Å²) in [6.45, 7) is -1.24. The zero-order valence-electron chi connectivity index (χ0n) is 16.0. The van der Waals surface area contributed by atoms with E-state index in [0.29, 0.717) is 0 Å². The Kier molecular flexibility index (Phi) is 9.70. The van der Waals surface area contributed by atoms with Gasteiger partial charge in [-0.3, -0.25) is 28.0 Å². The molecule has 192 valence electrons. The molecule has 21 heteroatoms. The highest BCUT2D eigenvalue weighted by molar-refractivity contribution is 7.65. The molecule has 33 heavy (non-hydrogen) atoms. The molecular formula is C12H21N2O16P3-2. The van der Waals surface area contributed by atoms with Crippen molar-refractivity contribution in [3.05, 3.63) is 33.1 Å². The SMILES string of the molecule is C.CO[C@H]1[C@H](n2ccc(=O)[nH]c2=O)O[C@@](COP(=O)(O)OP(=O)([O-])OP(=O)([O-])O)(OC)[C@H]1O. The summed E-state index contributed by atoms with van der Waals surface area (Å²) in [6.07, 6.45) is -3.69. The van der Waals surface area contributed by atoms with E-state index >= 15 is 0 Å². The molecular weight excluding hydrogens is 521 g/mol. The summed E-state index contributed by atoms with van der Waals surface area (Å²) in [7, 11) is -15.6. The Bertz CT molecular complexity index is 1080. The van der Waals surface area contributed by atoms with E-state index in [1.54, 1.807) is 0 Å². The number of rotatable bonds is 10. The second kappa shape index (κ2) is 10.7. The minimum atomic E-state index is -6.09. The maximum absolute atomic E-state index is 12.0. The predicted octanol–water partition coefficient (Wildman–Crippen LogP) is -2.50. The Morgan fingerprint density at radius 3 is 2.30 bits per heavy atom. The van der Waals surface area contributed by atoms with E-state index in [1.165, 1.54) is 0 Å². The van der Waals surface area contributed by atoms with Gasteiger partial charge in [0, 0.05) is 26.5 Å². The van der Waals surface area contributed by atoms with Gasteiger partial charge in [-0.15, -0.1) is 0 Å². The van der Waals surface area contributed by atoms with Crippen LogP contribution in [0.15, 0.2) is 21.9 Å². The van der Waals surface area contributed by atoms with Gasteiger partial charge in [-0.2, -0.15) is 0 Å².